The van der Waals surface area contributed by atoms with E-state index >= 15 is 0 Å². The second-order valence-corrected chi connectivity index (χ2v) is 5.48. The molecule has 1 N–H and O–H groups in total. The van der Waals surface area contributed by atoms with Crippen LogP contribution in [0.3, 0.4) is 0 Å². The van der Waals surface area contributed by atoms with Gasteiger partial charge in [-0.3, -0.25) is 0 Å². The predicted octanol–water partition coefficient (Wildman–Crippen LogP) is 3.52. The van der Waals surface area contributed by atoms with E-state index in [1.54, 1.807) is 6.33 Å². The third-order valence-electron chi connectivity index (χ3n) is 3.20. The molecule has 0 atom stereocenters. The van der Waals surface area contributed by atoms with Gasteiger partial charge in [0.05, 0.1) is 18.4 Å². The lowest BCUT2D eigenvalue weighted by Crippen LogP contribution is -1.99. The van der Waals surface area contributed by atoms with Crippen molar-refractivity contribution in [1.29, 1.82) is 0 Å². The van der Waals surface area contributed by atoms with Crippen LogP contribution < -0.4 is 0 Å². The highest BCUT2D eigenvalue weighted by atomic mass is 79.9. The number of fused-ring (bicyclic) bond motifs is 1. The van der Waals surface area contributed by atoms with Crippen LogP contribution in [0.4, 0.5) is 0 Å². The van der Waals surface area contributed by atoms with Crippen LogP contribution >= 0.6 is 15.9 Å². The zero-order valence-electron chi connectivity index (χ0n) is 10.7. The van der Waals surface area contributed by atoms with Crippen LogP contribution in [0, 0.1) is 0 Å². The van der Waals surface area contributed by atoms with Crippen molar-refractivity contribution >= 4 is 27.1 Å². The number of aromatic nitrogens is 4. The summed E-state index contributed by atoms with van der Waals surface area (Å²) in [5, 5.41) is 0. The molecule has 0 bridgehead atoms. The number of imidazole rings is 1. The van der Waals surface area contributed by atoms with Crippen LogP contribution in [-0.4, -0.2) is 19.5 Å². The Morgan fingerprint density at radius 2 is 2.26 bits per heavy atom. The fraction of sp³-hybridized carbons (Fsp3) is 0.286. The zero-order valence-corrected chi connectivity index (χ0v) is 12.3. The molecule has 3 aromatic heterocycles. The Kier molecular flexibility index (Phi) is 3.38. The summed E-state index contributed by atoms with van der Waals surface area (Å²) in [5.74, 6) is 0. The molecule has 0 saturated heterocycles. The summed E-state index contributed by atoms with van der Waals surface area (Å²) in [6.45, 7) is 3.01. The number of nitrogens with zero attached hydrogens (tertiary/aromatic N) is 3. The van der Waals surface area contributed by atoms with Crippen molar-refractivity contribution in [3.63, 3.8) is 0 Å². The SMILES string of the molecule is CCCc1ccn(Cc2c(Br)cnc3nc[nH]c23)c1. The summed E-state index contributed by atoms with van der Waals surface area (Å²) in [7, 11) is 0. The quantitative estimate of drug-likeness (QED) is 0.800. The van der Waals surface area contributed by atoms with Gasteiger partial charge in [0.2, 0.25) is 0 Å². The van der Waals surface area contributed by atoms with Gasteiger partial charge in [0.25, 0.3) is 0 Å². The van der Waals surface area contributed by atoms with E-state index < -0.39 is 0 Å². The van der Waals surface area contributed by atoms with Crippen molar-refractivity contribution in [3.05, 3.63) is 46.6 Å². The molecule has 4 nitrogen and oxygen atoms in total. The standard InChI is InChI=1S/C14H15BrN4/c1-2-3-10-4-5-19(7-10)8-11-12(15)6-16-14-13(11)17-9-18-14/h4-7,9H,2-3,8H2,1H3,(H,16,17,18). The lowest BCUT2D eigenvalue weighted by molar-refractivity contribution is 0.798. The fourth-order valence-electron chi connectivity index (χ4n) is 2.28. The highest BCUT2D eigenvalue weighted by molar-refractivity contribution is 9.10. The molecule has 0 aliphatic heterocycles. The average Bonchev–Trinajstić information content (AvgIpc) is 3.02. The number of hydrogen-bond donors (Lipinski definition) is 1. The topological polar surface area (TPSA) is 46.5 Å². The number of rotatable bonds is 4. The van der Waals surface area contributed by atoms with Gasteiger partial charge in [0.15, 0.2) is 5.65 Å². The summed E-state index contributed by atoms with van der Waals surface area (Å²) >= 11 is 3.57. The van der Waals surface area contributed by atoms with Crippen molar-refractivity contribution in [2.75, 3.05) is 0 Å². The van der Waals surface area contributed by atoms with Crippen LogP contribution in [0.5, 0.6) is 0 Å². The number of H-pyrrole nitrogens is 1. The molecule has 19 heavy (non-hydrogen) atoms. The Balaban J connectivity index is 1.95. The first kappa shape index (κ1) is 12.4. The maximum absolute atomic E-state index is 4.28. The average molecular weight is 319 g/mol. The Morgan fingerprint density at radius 3 is 3.11 bits per heavy atom. The molecular weight excluding hydrogens is 304 g/mol. The highest BCUT2D eigenvalue weighted by Crippen LogP contribution is 2.23. The molecule has 0 aliphatic carbocycles. The van der Waals surface area contributed by atoms with Crippen LogP contribution in [0.15, 0.2) is 35.5 Å². The first-order valence-electron chi connectivity index (χ1n) is 6.39. The zero-order chi connectivity index (χ0) is 13.2. The van der Waals surface area contributed by atoms with E-state index in [0.717, 1.165) is 28.6 Å². The summed E-state index contributed by atoms with van der Waals surface area (Å²) in [4.78, 5) is 11.6. The van der Waals surface area contributed by atoms with Crippen molar-refractivity contribution in [2.24, 2.45) is 0 Å². The molecule has 5 heteroatoms. The fourth-order valence-corrected chi connectivity index (χ4v) is 2.71. The van der Waals surface area contributed by atoms with Crippen LogP contribution in [-0.2, 0) is 13.0 Å². The third kappa shape index (κ3) is 2.42. The van der Waals surface area contributed by atoms with Gasteiger partial charge in [-0.2, -0.15) is 0 Å². The molecule has 0 aliphatic rings. The van der Waals surface area contributed by atoms with Gasteiger partial charge >= 0.3 is 0 Å². The van der Waals surface area contributed by atoms with E-state index in [1.807, 2.05) is 6.20 Å². The van der Waals surface area contributed by atoms with Crippen molar-refractivity contribution in [2.45, 2.75) is 26.3 Å². The van der Waals surface area contributed by atoms with E-state index in [9.17, 15) is 0 Å². The lowest BCUT2D eigenvalue weighted by atomic mass is 10.2. The van der Waals surface area contributed by atoms with Gasteiger partial charge in [0, 0.05) is 28.6 Å². The number of halogens is 1. The van der Waals surface area contributed by atoms with E-state index in [-0.39, 0.29) is 0 Å². The summed E-state index contributed by atoms with van der Waals surface area (Å²) in [6.07, 6.45) is 10.1. The molecule has 0 saturated carbocycles. The summed E-state index contributed by atoms with van der Waals surface area (Å²) < 4.78 is 3.21. The molecule has 3 aromatic rings. The van der Waals surface area contributed by atoms with E-state index in [4.69, 9.17) is 0 Å². The normalized spacial score (nSPS) is 11.3. The number of aryl methyl sites for hydroxylation is 1. The third-order valence-corrected chi connectivity index (χ3v) is 3.88. The number of pyridine rings is 1. The molecule has 0 unspecified atom stereocenters. The molecule has 3 rings (SSSR count). The van der Waals surface area contributed by atoms with Crippen molar-refractivity contribution < 1.29 is 0 Å². The second-order valence-electron chi connectivity index (χ2n) is 4.63. The monoisotopic (exact) mass is 318 g/mol. The first-order valence-corrected chi connectivity index (χ1v) is 7.18. The van der Waals surface area contributed by atoms with Crippen LogP contribution in [0.25, 0.3) is 11.2 Å². The molecule has 0 amide bonds. The number of nitrogens with one attached hydrogen (secondary N) is 1. The second kappa shape index (κ2) is 5.17. The smallest absolute Gasteiger partial charge is 0.177 e. The van der Waals surface area contributed by atoms with Crippen molar-refractivity contribution in [1.82, 2.24) is 19.5 Å². The van der Waals surface area contributed by atoms with Gasteiger partial charge in [-0.05, 0) is 34.0 Å². The molecule has 98 valence electrons. The van der Waals surface area contributed by atoms with E-state index in [0.29, 0.717) is 0 Å². The van der Waals surface area contributed by atoms with Gasteiger partial charge in [-0.1, -0.05) is 13.3 Å². The molecule has 0 fully saturated rings. The molecule has 0 aromatic carbocycles. The van der Waals surface area contributed by atoms with Crippen LogP contribution in [0.2, 0.25) is 0 Å². The molecular formula is C14H15BrN4. The van der Waals surface area contributed by atoms with Gasteiger partial charge in [0.1, 0.15) is 0 Å². The Hall–Kier alpha value is -1.62. The predicted molar refractivity (Wildman–Crippen MR) is 79.1 cm³/mol. The lowest BCUT2D eigenvalue weighted by Gasteiger charge is -2.06. The minimum Gasteiger partial charge on any atom is -0.349 e. The number of hydrogen-bond acceptors (Lipinski definition) is 2. The van der Waals surface area contributed by atoms with Crippen molar-refractivity contribution in [3.8, 4) is 0 Å². The molecule has 0 spiro atoms. The minimum atomic E-state index is 0.763. The van der Waals surface area contributed by atoms with Gasteiger partial charge in [-0.15, -0.1) is 0 Å². The largest absolute Gasteiger partial charge is 0.349 e. The minimum absolute atomic E-state index is 0.763. The number of aromatic amines is 1. The Bertz CT molecular complexity index is 698. The van der Waals surface area contributed by atoms with Gasteiger partial charge in [-0.25, -0.2) is 9.97 Å². The molecule has 3 heterocycles. The molecule has 0 radical (unpaired) electrons. The summed E-state index contributed by atoms with van der Waals surface area (Å²) in [5.41, 5.74) is 4.33. The Morgan fingerprint density at radius 1 is 1.37 bits per heavy atom. The van der Waals surface area contributed by atoms with Crippen LogP contribution in [0.1, 0.15) is 24.5 Å². The first-order chi connectivity index (χ1) is 9.28. The maximum atomic E-state index is 4.28. The highest BCUT2D eigenvalue weighted by Gasteiger charge is 2.09. The Labute approximate surface area is 120 Å². The summed E-state index contributed by atoms with van der Waals surface area (Å²) in [6, 6.07) is 2.18. The maximum Gasteiger partial charge on any atom is 0.177 e. The van der Waals surface area contributed by atoms with E-state index in [2.05, 4.69) is 60.8 Å². The van der Waals surface area contributed by atoms with Gasteiger partial charge < -0.3 is 9.55 Å². The van der Waals surface area contributed by atoms with E-state index in [1.165, 1.54) is 17.5 Å².